The van der Waals surface area contributed by atoms with Gasteiger partial charge in [-0.05, 0) is 0 Å². The number of nitrogens with one attached hydrogen (secondary N) is 1. The van der Waals surface area contributed by atoms with E-state index in [0.717, 1.165) is 0 Å². The SMILES string of the molecule is CNc1ccc([N+](=O)[O-])o1. The molecule has 5 nitrogen and oxygen atoms in total. The van der Waals surface area contributed by atoms with Gasteiger partial charge in [-0.25, -0.2) is 0 Å². The molecule has 0 aliphatic carbocycles. The molecule has 0 atom stereocenters. The first-order chi connectivity index (χ1) is 4.74. The number of anilines is 1. The lowest BCUT2D eigenvalue weighted by molar-refractivity contribution is -0.401. The van der Waals surface area contributed by atoms with Gasteiger partial charge >= 0.3 is 5.88 Å². The molecule has 54 valence electrons. The Morgan fingerprint density at radius 2 is 2.40 bits per heavy atom. The molecule has 1 N–H and O–H groups in total. The molecule has 0 saturated heterocycles. The minimum absolute atomic E-state index is 0.246. The Balaban J connectivity index is 2.88. The van der Waals surface area contributed by atoms with E-state index in [1.54, 1.807) is 7.05 Å². The summed E-state index contributed by atoms with van der Waals surface area (Å²) in [6, 6.07) is 2.80. The molecule has 0 saturated carbocycles. The number of hydrogen-bond donors (Lipinski definition) is 1. The van der Waals surface area contributed by atoms with E-state index in [2.05, 4.69) is 9.73 Å². The summed E-state index contributed by atoms with van der Waals surface area (Å²) < 4.78 is 4.68. The van der Waals surface area contributed by atoms with Crippen molar-refractivity contribution in [3.63, 3.8) is 0 Å². The van der Waals surface area contributed by atoms with Gasteiger partial charge in [0.05, 0.1) is 6.07 Å². The van der Waals surface area contributed by atoms with Crippen LogP contribution in [0.2, 0.25) is 0 Å². The summed E-state index contributed by atoms with van der Waals surface area (Å²) in [6.07, 6.45) is 0. The van der Waals surface area contributed by atoms with E-state index < -0.39 is 4.92 Å². The van der Waals surface area contributed by atoms with Gasteiger partial charge in [0.15, 0.2) is 5.88 Å². The highest BCUT2D eigenvalue weighted by atomic mass is 16.6. The fraction of sp³-hybridized carbons (Fsp3) is 0.200. The van der Waals surface area contributed by atoms with Crippen molar-refractivity contribution in [2.45, 2.75) is 0 Å². The Kier molecular flexibility index (Phi) is 1.57. The molecule has 0 aliphatic heterocycles. The van der Waals surface area contributed by atoms with Gasteiger partial charge in [0.1, 0.15) is 4.92 Å². The van der Waals surface area contributed by atoms with E-state index in [9.17, 15) is 10.1 Å². The maximum atomic E-state index is 10.0. The second-order valence-corrected chi connectivity index (χ2v) is 1.64. The minimum atomic E-state index is -0.582. The summed E-state index contributed by atoms with van der Waals surface area (Å²) in [5.41, 5.74) is 0. The third kappa shape index (κ3) is 1.07. The fourth-order valence-electron chi connectivity index (χ4n) is 0.560. The number of furan rings is 1. The predicted octanol–water partition coefficient (Wildman–Crippen LogP) is 1.23. The van der Waals surface area contributed by atoms with Gasteiger partial charge in [-0.2, -0.15) is 0 Å². The molecule has 0 radical (unpaired) electrons. The fourth-order valence-corrected chi connectivity index (χ4v) is 0.560. The highest BCUT2D eigenvalue weighted by Gasteiger charge is 2.09. The molecule has 1 aromatic heterocycles. The molecule has 5 heteroatoms. The van der Waals surface area contributed by atoms with Crippen molar-refractivity contribution >= 4 is 11.8 Å². The highest BCUT2D eigenvalue weighted by molar-refractivity contribution is 5.35. The molecule has 10 heavy (non-hydrogen) atoms. The van der Waals surface area contributed by atoms with Crippen LogP contribution in [0.1, 0.15) is 0 Å². The zero-order valence-corrected chi connectivity index (χ0v) is 5.33. The molecule has 0 aliphatic rings. The Hall–Kier alpha value is -1.52. The van der Waals surface area contributed by atoms with Crippen molar-refractivity contribution in [3.8, 4) is 0 Å². The molecule has 0 aromatic carbocycles. The van der Waals surface area contributed by atoms with Crippen LogP contribution >= 0.6 is 0 Å². The molecule has 0 amide bonds. The first-order valence-corrected chi connectivity index (χ1v) is 2.66. The molecular weight excluding hydrogens is 136 g/mol. The second kappa shape index (κ2) is 2.38. The lowest BCUT2D eigenvalue weighted by Gasteiger charge is -1.87. The van der Waals surface area contributed by atoms with Gasteiger partial charge in [-0.15, -0.1) is 0 Å². The molecule has 0 fully saturated rings. The lowest BCUT2D eigenvalue weighted by Crippen LogP contribution is -1.84. The number of nitrogens with zero attached hydrogens (tertiary/aromatic N) is 1. The summed E-state index contributed by atoms with van der Waals surface area (Å²) in [5, 5.41) is 12.6. The summed E-state index contributed by atoms with van der Waals surface area (Å²) >= 11 is 0. The average Bonchev–Trinajstić information content (AvgIpc) is 2.34. The van der Waals surface area contributed by atoms with Gasteiger partial charge in [-0.3, -0.25) is 10.1 Å². The van der Waals surface area contributed by atoms with Crippen LogP contribution in [0.3, 0.4) is 0 Å². The zero-order chi connectivity index (χ0) is 7.56. The summed E-state index contributed by atoms with van der Waals surface area (Å²) in [5.74, 6) is 0.149. The van der Waals surface area contributed by atoms with Crippen LogP contribution in [0.4, 0.5) is 11.8 Å². The van der Waals surface area contributed by atoms with E-state index >= 15 is 0 Å². The molecule has 0 unspecified atom stereocenters. The Morgan fingerprint density at radius 3 is 2.70 bits per heavy atom. The van der Waals surface area contributed by atoms with Crippen molar-refractivity contribution in [2.75, 3.05) is 12.4 Å². The van der Waals surface area contributed by atoms with Crippen LogP contribution in [0, 0.1) is 10.1 Å². The first kappa shape index (κ1) is 6.60. The normalized spacial score (nSPS) is 9.30. The summed E-state index contributed by atoms with van der Waals surface area (Å²) in [4.78, 5) is 9.43. The van der Waals surface area contributed by atoms with Crippen LogP contribution in [0.25, 0.3) is 0 Å². The van der Waals surface area contributed by atoms with Crippen molar-refractivity contribution in [2.24, 2.45) is 0 Å². The Morgan fingerprint density at radius 1 is 1.70 bits per heavy atom. The second-order valence-electron chi connectivity index (χ2n) is 1.64. The number of hydrogen-bond acceptors (Lipinski definition) is 4. The average molecular weight is 142 g/mol. The van der Waals surface area contributed by atoms with E-state index in [-0.39, 0.29) is 5.88 Å². The van der Waals surface area contributed by atoms with Crippen LogP contribution in [-0.2, 0) is 0 Å². The van der Waals surface area contributed by atoms with Crippen LogP contribution in [-0.4, -0.2) is 12.0 Å². The van der Waals surface area contributed by atoms with Gasteiger partial charge in [-0.1, -0.05) is 0 Å². The van der Waals surface area contributed by atoms with Gasteiger partial charge in [0.25, 0.3) is 0 Å². The third-order valence-electron chi connectivity index (χ3n) is 1.02. The van der Waals surface area contributed by atoms with Crippen molar-refractivity contribution < 1.29 is 9.34 Å². The smallest absolute Gasteiger partial charge is 0.385 e. The molecule has 0 spiro atoms. The highest BCUT2D eigenvalue weighted by Crippen LogP contribution is 2.18. The molecule has 1 heterocycles. The van der Waals surface area contributed by atoms with E-state index in [4.69, 9.17) is 0 Å². The predicted molar refractivity (Wildman–Crippen MR) is 34.9 cm³/mol. The van der Waals surface area contributed by atoms with Gasteiger partial charge in [0, 0.05) is 13.1 Å². The van der Waals surface area contributed by atoms with Crippen LogP contribution in [0.5, 0.6) is 0 Å². The van der Waals surface area contributed by atoms with E-state index in [0.29, 0.717) is 5.88 Å². The topological polar surface area (TPSA) is 68.3 Å². The standard InChI is InChI=1S/C5H6N2O3/c1-6-4-2-3-5(10-4)7(8)9/h2-3,6H,1H3. The molecule has 1 aromatic rings. The monoisotopic (exact) mass is 142 g/mol. The summed E-state index contributed by atoms with van der Waals surface area (Å²) in [7, 11) is 1.63. The Bertz CT molecular complexity index is 243. The zero-order valence-electron chi connectivity index (χ0n) is 5.33. The number of rotatable bonds is 2. The quantitative estimate of drug-likeness (QED) is 0.498. The lowest BCUT2D eigenvalue weighted by atomic mass is 10.6. The van der Waals surface area contributed by atoms with Gasteiger partial charge in [0.2, 0.25) is 0 Å². The molecule has 0 bridgehead atoms. The Labute approximate surface area is 56.8 Å². The van der Waals surface area contributed by atoms with Crippen LogP contribution in [0.15, 0.2) is 16.5 Å². The molecular formula is C5H6N2O3. The van der Waals surface area contributed by atoms with Gasteiger partial charge < -0.3 is 9.73 Å². The first-order valence-electron chi connectivity index (χ1n) is 2.66. The van der Waals surface area contributed by atoms with Crippen molar-refractivity contribution in [1.82, 2.24) is 0 Å². The summed E-state index contributed by atoms with van der Waals surface area (Å²) in [6.45, 7) is 0. The third-order valence-corrected chi connectivity index (χ3v) is 1.02. The largest absolute Gasteiger partial charge is 0.434 e. The van der Waals surface area contributed by atoms with E-state index in [1.165, 1.54) is 12.1 Å². The number of nitro groups is 1. The van der Waals surface area contributed by atoms with Crippen molar-refractivity contribution in [1.29, 1.82) is 0 Å². The maximum absolute atomic E-state index is 10.0. The molecule has 1 rings (SSSR count). The van der Waals surface area contributed by atoms with E-state index in [1.807, 2.05) is 0 Å². The van der Waals surface area contributed by atoms with Crippen molar-refractivity contribution in [3.05, 3.63) is 22.2 Å². The maximum Gasteiger partial charge on any atom is 0.434 e. The minimum Gasteiger partial charge on any atom is -0.385 e. The van der Waals surface area contributed by atoms with Crippen LogP contribution < -0.4 is 5.32 Å².